The van der Waals surface area contributed by atoms with Gasteiger partial charge in [-0.25, -0.2) is 0 Å². The van der Waals surface area contributed by atoms with E-state index in [4.69, 9.17) is 5.11 Å². The number of piperidine rings is 1. The molecule has 1 fully saturated rings. The molecule has 4 heteroatoms. The summed E-state index contributed by atoms with van der Waals surface area (Å²) in [7, 11) is 2.12. The van der Waals surface area contributed by atoms with Gasteiger partial charge in [-0.15, -0.1) is 0 Å². The zero-order valence-corrected chi connectivity index (χ0v) is 9.86. The van der Waals surface area contributed by atoms with Crippen molar-refractivity contribution in [3.8, 4) is 0 Å². The molecule has 0 aliphatic carbocycles. The normalized spacial score (nSPS) is 30.1. The zero-order chi connectivity index (χ0) is 11.4. The van der Waals surface area contributed by atoms with Gasteiger partial charge in [-0.05, 0) is 39.8 Å². The number of carbonyl (C=O) groups is 1. The van der Waals surface area contributed by atoms with Crippen LogP contribution in [0.1, 0.15) is 33.1 Å². The van der Waals surface area contributed by atoms with Gasteiger partial charge >= 0.3 is 5.97 Å². The van der Waals surface area contributed by atoms with E-state index < -0.39 is 5.97 Å². The van der Waals surface area contributed by atoms with Crippen LogP contribution >= 0.6 is 0 Å². The van der Waals surface area contributed by atoms with Gasteiger partial charge in [0.05, 0.1) is 0 Å². The third-order valence-corrected chi connectivity index (χ3v) is 3.35. The molecule has 1 aliphatic rings. The number of hydrogen-bond acceptors (Lipinski definition) is 3. The molecule has 1 heterocycles. The van der Waals surface area contributed by atoms with Crippen molar-refractivity contribution in [1.82, 2.24) is 10.2 Å². The minimum absolute atomic E-state index is 0.359. The summed E-state index contributed by atoms with van der Waals surface area (Å²) in [5.74, 6) is -0.732. The van der Waals surface area contributed by atoms with Crippen LogP contribution in [0.5, 0.6) is 0 Å². The molecule has 0 aromatic carbocycles. The lowest BCUT2D eigenvalue weighted by Crippen LogP contribution is -2.50. The molecule has 3 unspecified atom stereocenters. The average molecular weight is 214 g/mol. The van der Waals surface area contributed by atoms with Crippen molar-refractivity contribution in [2.45, 2.75) is 51.2 Å². The van der Waals surface area contributed by atoms with E-state index in [2.05, 4.69) is 24.2 Å². The first-order chi connectivity index (χ1) is 7.04. The lowest BCUT2D eigenvalue weighted by molar-refractivity contribution is -0.139. The molecule has 0 spiro atoms. The second-order valence-corrected chi connectivity index (χ2v) is 4.52. The minimum Gasteiger partial charge on any atom is -0.480 e. The number of likely N-dealkylation sites (tertiary alicyclic amines) is 1. The van der Waals surface area contributed by atoms with Crippen LogP contribution in [-0.4, -0.2) is 47.7 Å². The van der Waals surface area contributed by atoms with E-state index in [0.717, 1.165) is 19.4 Å². The molecule has 88 valence electrons. The van der Waals surface area contributed by atoms with Gasteiger partial charge in [0.1, 0.15) is 6.04 Å². The van der Waals surface area contributed by atoms with E-state index in [0.29, 0.717) is 18.5 Å². The molecule has 15 heavy (non-hydrogen) atoms. The number of hydrogen-bond donors (Lipinski definition) is 2. The van der Waals surface area contributed by atoms with E-state index in [1.54, 1.807) is 0 Å². The molecule has 1 aliphatic heterocycles. The van der Waals surface area contributed by atoms with Crippen molar-refractivity contribution < 1.29 is 9.90 Å². The van der Waals surface area contributed by atoms with Gasteiger partial charge in [0.2, 0.25) is 0 Å². The van der Waals surface area contributed by atoms with Crippen LogP contribution in [0.4, 0.5) is 0 Å². The first-order valence-corrected chi connectivity index (χ1v) is 5.73. The summed E-state index contributed by atoms with van der Waals surface area (Å²) in [6.45, 7) is 5.15. The molecule has 1 rings (SSSR count). The highest BCUT2D eigenvalue weighted by Gasteiger charge is 2.26. The van der Waals surface area contributed by atoms with Crippen molar-refractivity contribution in [3.63, 3.8) is 0 Å². The molecule has 0 radical (unpaired) electrons. The average Bonchev–Trinajstić information content (AvgIpc) is 2.19. The van der Waals surface area contributed by atoms with Gasteiger partial charge in [0, 0.05) is 12.1 Å². The Hall–Kier alpha value is -0.610. The van der Waals surface area contributed by atoms with Crippen molar-refractivity contribution >= 4 is 5.97 Å². The Morgan fingerprint density at radius 1 is 1.67 bits per heavy atom. The van der Waals surface area contributed by atoms with E-state index >= 15 is 0 Å². The van der Waals surface area contributed by atoms with Gasteiger partial charge in [-0.3, -0.25) is 4.79 Å². The summed E-state index contributed by atoms with van der Waals surface area (Å²) in [5, 5.41) is 12.2. The lowest BCUT2D eigenvalue weighted by Gasteiger charge is -2.36. The van der Waals surface area contributed by atoms with Gasteiger partial charge in [-0.2, -0.15) is 0 Å². The predicted molar refractivity (Wildman–Crippen MR) is 60.0 cm³/mol. The Balaban J connectivity index is 2.42. The fourth-order valence-corrected chi connectivity index (χ4v) is 2.09. The Morgan fingerprint density at radius 3 is 2.80 bits per heavy atom. The van der Waals surface area contributed by atoms with Crippen LogP contribution in [0.15, 0.2) is 0 Å². The van der Waals surface area contributed by atoms with E-state index in [9.17, 15) is 4.79 Å². The molecule has 0 aromatic heterocycles. The molecule has 4 nitrogen and oxygen atoms in total. The second kappa shape index (κ2) is 5.47. The third kappa shape index (κ3) is 3.47. The molecule has 1 saturated heterocycles. The maximum Gasteiger partial charge on any atom is 0.320 e. The number of aliphatic carboxylic acids is 1. The second-order valence-electron chi connectivity index (χ2n) is 4.52. The smallest absolute Gasteiger partial charge is 0.320 e. The Bertz CT molecular complexity index is 221. The van der Waals surface area contributed by atoms with E-state index in [1.165, 1.54) is 0 Å². The minimum atomic E-state index is -0.732. The topological polar surface area (TPSA) is 52.6 Å². The molecule has 3 atom stereocenters. The lowest BCUT2D eigenvalue weighted by atomic mass is 9.98. The number of rotatable bonds is 4. The summed E-state index contributed by atoms with van der Waals surface area (Å²) in [5.41, 5.74) is 0. The third-order valence-electron chi connectivity index (χ3n) is 3.35. The maximum absolute atomic E-state index is 10.9. The first-order valence-electron chi connectivity index (χ1n) is 5.73. The van der Waals surface area contributed by atoms with Crippen LogP contribution in [0.3, 0.4) is 0 Å². The van der Waals surface area contributed by atoms with Crippen molar-refractivity contribution in [2.24, 2.45) is 0 Å². The maximum atomic E-state index is 10.9. The molecule has 0 saturated carbocycles. The Morgan fingerprint density at radius 2 is 2.33 bits per heavy atom. The van der Waals surface area contributed by atoms with Crippen LogP contribution in [0, 0.1) is 0 Å². The Kier molecular flexibility index (Phi) is 4.54. The van der Waals surface area contributed by atoms with Crippen LogP contribution in [0.2, 0.25) is 0 Å². The van der Waals surface area contributed by atoms with Crippen LogP contribution < -0.4 is 5.32 Å². The summed E-state index contributed by atoms with van der Waals surface area (Å²) >= 11 is 0. The van der Waals surface area contributed by atoms with Gasteiger partial charge in [0.15, 0.2) is 0 Å². The van der Waals surface area contributed by atoms with Crippen molar-refractivity contribution in [3.05, 3.63) is 0 Å². The predicted octanol–water partition coefficient (Wildman–Crippen LogP) is 0.922. The SMILES string of the molecule is CCC(NC1CCN(C)C(C)C1)C(=O)O. The van der Waals surface area contributed by atoms with Crippen molar-refractivity contribution in [1.29, 1.82) is 0 Å². The van der Waals surface area contributed by atoms with Gasteiger partial charge in [0.25, 0.3) is 0 Å². The number of carboxylic acids is 1. The zero-order valence-electron chi connectivity index (χ0n) is 9.86. The van der Waals surface area contributed by atoms with E-state index in [1.807, 2.05) is 6.92 Å². The molecular formula is C11H22N2O2. The van der Waals surface area contributed by atoms with Crippen LogP contribution in [0.25, 0.3) is 0 Å². The highest BCUT2D eigenvalue weighted by molar-refractivity contribution is 5.73. The van der Waals surface area contributed by atoms with Crippen molar-refractivity contribution in [2.75, 3.05) is 13.6 Å². The molecule has 0 amide bonds. The molecule has 0 aromatic rings. The standard InChI is InChI=1S/C11H22N2O2/c1-4-10(11(14)15)12-9-5-6-13(3)8(2)7-9/h8-10,12H,4-7H2,1-3H3,(H,14,15). The molecule has 0 bridgehead atoms. The fourth-order valence-electron chi connectivity index (χ4n) is 2.09. The summed E-state index contributed by atoms with van der Waals surface area (Å²) in [6, 6.07) is 0.519. The number of nitrogens with one attached hydrogen (secondary N) is 1. The highest BCUT2D eigenvalue weighted by atomic mass is 16.4. The summed E-state index contributed by atoms with van der Waals surface area (Å²) < 4.78 is 0. The monoisotopic (exact) mass is 214 g/mol. The van der Waals surface area contributed by atoms with E-state index in [-0.39, 0.29) is 6.04 Å². The first kappa shape index (κ1) is 12.5. The van der Waals surface area contributed by atoms with Gasteiger partial charge < -0.3 is 15.3 Å². The Labute approximate surface area is 91.6 Å². The summed E-state index contributed by atoms with van der Waals surface area (Å²) in [4.78, 5) is 13.2. The fraction of sp³-hybridized carbons (Fsp3) is 0.909. The highest BCUT2D eigenvalue weighted by Crippen LogP contribution is 2.16. The number of carboxylic acid groups (broad SMARTS) is 1. The van der Waals surface area contributed by atoms with Crippen LogP contribution in [-0.2, 0) is 4.79 Å². The quantitative estimate of drug-likeness (QED) is 0.731. The number of nitrogens with zero attached hydrogens (tertiary/aromatic N) is 1. The van der Waals surface area contributed by atoms with Gasteiger partial charge in [-0.1, -0.05) is 6.92 Å². The molecular weight excluding hydrogens is 192 g/mol. The summed E-state index contributed by atoms with van der Waals surface area (Å²) in [6.07, 6.45) is 2.74. The largest absolute Gasteiger partial charge is 0.480 e. The molecule has 2 N–H and O–H groups in total.